The number of hydrogen-bond acceptors (Lipinski definition) is 2. The van der Waals surface area contributed by atoms with Crippen molar-refractivity contribution in [2.24, 2.45) is 5.41 Å². The van der Waals surface area contributed by atoms with Crippen LogP contribution in [0.5, 0.6) is 0 Å². The molecule has 1 aromatic heterocycles. The largest absolute Gasteiger partial charge is 0.313 e. The Hall–Kier alpha value is -0.860. The first-order valence-electron chi connectivity index (χ1n) is 6.65. The average Bonchev–Trinajstić information content (AvgIpc) is 2.73. The molecule has 1 unspecified atom stereocenters. The van der Waals surface area contributed by atoms with Crippen LogP contribution < -0.4 is 5.32 Å². The minimum atomic E-state index is 0.404. The van der Waals surface area contributed by atoms with E-state index in [4.69, 9.17) is 0 Å². The van der Waals surface area contributed by atoms with Crippen molar-refractivity contribution in [2.75, 3.05) is 7.05 Å². The van der Waals surface area contributed by atoms with Crippen LogP contribution in [0.1, 0.15) is 45.2 Å². The van der Waals surface area contributed by atoms with Crippen LogP contribution in [0.2, 0.25) is 0 Å². The Morgan fingerprint density at radius 3 is 2.61 bits per heavy atom. The van der Waals surface area contributed by atoms with Crippen molar-refractivity contribution in [2.45, 2.75) is 39.7 Å². The number of rotatable bonds is 4. The third-order valence-corrected chi connectivity index (χ3v) is 4.40. The maximum absolute atomic E-state index is 3.48. The molecule has 0 radical (unpaired) electrons. The van der Waals surface area contributed by atoms with Crippen LogP contribution in [0.15, 0.2) is 29.6 Å². The maximum Gasteiger partial charge on any atom is 0.0346 e. The second kappa shape index (κ2) is 5.41. The molecule has 0 spiro atoms. The number of fused-ring (bicyclic) bond motifs is 1. The monoisotopic (exact) mass is 261 g/mol. The molecule has 0 aliphatic carbocycles. The highest BCUT2D eigenvalue weighted by Crippen LogP contribution is 2.34. The molecule has 1 nitrogen and oxygen atoms in total. The van der Waals surface area contributed by atoms with E-state index in [0.29, 0.717) is 11.5 Å². The van der Waals surface area contributed by atoms with Gasteiger partial charge in [0.25, 0.3) is 0 Å². The summed E-state index contributed by atoms with van der Waals surface area (Å²) < 4.78 is 1.39. The maximum atomic E-state index is 3.48. The van der Waals surface area contributed by atoms with Gasteiger partial charge in [-0.3, -0.25) is 0 Å². The van der Waals surface area contributed by atoms with E-state index in [9.17, 15) is 0 Å². The summed E-state index contributed by atoms with van der Waals surface area (Å²) in [6.45, 7) is 6.93. The summed E-state index contributed by atoms with van der Waals surface area (Å²) in [6, 6.07) is 9.17. The van der Waals surface area contributed by atoms with Crippen LogP contribution in [-0.2, 0) is 0 Å². The van der Waals surface area contributed by atoms with E-state index in [-0.39, 0.29) is 0 Å². The number of nitrogens with one attached hydrogen (secondary N) is 1. The molecule has 1 aromatic carbocycles. The quantitative estimate of drug-likeness (QED) is 0.817. The minimum absolute atomic E-state index is 0.404. The Morgan fingerprint density at radius 1 is 1.22 bits per heavy atom. The molecule has 0 aliphatic rings. The van der Waals surface area contributed by atoms with Gasteiger partial charge >= 0.3 is 0 Å². The lowest BCUT2D eigenvalue weighted by atomic mass is 9.87. The number of benzene rings is 1. The van der Waals surface area contributed by atoms with Crippen molar-refractivity contribution >= 4 is 21.4 Å². The van der Waals surface area contributed by atoms with Gasteiger partial charge in [0, 0.05) is 10.7 Å². The fourth-order valence-electron chi connectivity index (χ4n) is 2.30. The highest BCUT2D eigenvalue weighted by atomic mass is 32.1. The molecule has 1 N–H and O–H groups in total. The van der Waals surface area contributed by atoms with Gasteiger partial charge in [0.1, 0.15) is 0 Å². The Balaban J connectivity index is 2.22. The highest BCUT2D eigenvalue weighted by molar-refractivity contribution is 7.17. The SMILES string of the molecule is CNC(CCC(C)(C)C)c1csc2ccccc12. The standard InChI is InChI=1S/C16H23NS/c1-16(2,3)10-9-14(17-4)13-11-18-15-8-6-5-7-12(13)15/h5-8,11,14,17H,9-10H2,1-4H3. The lowest BCUT2D eigenvalue weighted by Gasteiger charge is -2.23. The molecular formula is C16H23NS. The molecule has 2 rings (SSSR count). The summed E-state index contributed by atoms with van der Waals surface area (Å²) in [6.07, 6.45) is 2.43. The molecule has 0 fully saturated rings. The zero-order chi connectivity index (χ0) is 13.2. The zero-order valence-electron chi connectivity index (χ0n) is 11.8. The Kier molecular flexibility index (Phi) is 4.08. The molecule has 0 saturated carbocycles. The molecule has 0 amide bonds. The first-order valence-corrected chi connectivity index (χ1v) is 7.52. The van der Waals surface area contributed by atoms with Crippen LogP contribution >= 0.6 is 11.3 Å². The van der Waals surface area contributed by atoms with Crippen LogP contribution in [0.25, 0.3) is 10.1 Å². The van der Waals surface area contributed by atoms with E-state index >= 15 is 0 Å². The van der Waals surface area contributed by atoms with Gasteiger partial charge in [0.05, 0.1) is 0 Å². The van der Waals surface area contributed by atoms with Crippen LogP contribution in [-0.4, -0.2) is 7.05 Å². The lowest BCUT2D eigenvalue weighted by molar-refractivity contribution is 0.338. The molecule has 2 heteroatoms. The second-order valence-electron chi connectivity index (χ2n) is 6.13. The third-order valence-electron chi connectivity index (χ3n) is 3.42. The highest BCUT2D eigenvalue weighted by Gasteiger charge is 2.17. The molecule has 0 aliphatic heterocycles. The number of thiophene rings is 1. The van der Waals surface area contributed by atoms with Crippen molar-refractivity contribution in [3.05, 3.63) is 35.2 Å². The van der Waals surface area contributed by atoms with Gasteiger partial charge in [-0.2, -0.15) is 0 Å². The van der Waals surface area contributed by atoms with Crippen molar-refractivity contribution in [3.63, 3.8) is 0 Å². The first kappa shape index (κ1) is 13.6. The second-order valence-corrected chi connectivity index (χ2v) is 7.04. The molecule has 98 valence electrons. The predicted octanol–water partition coefficient (Wildman–Crippen LogP) is 4.99. The van der Waals surface area contributed by atoms with E-state index < -0.39 is 0 Å². The summed E-state index contributed by atoms with van der Waals surface area (Å²) >= 11 is 1.85. The van der Waals surface area contributed by atoms with E-state index in [0.717, 1.165) is 0 Å². The summed E-state index contributed by atoms with van der Waals surface area (Å²) in [5, 5.41) is 7.20. The van der Waals surface area contributed by atoms with Gasteiger partial charge in [0.2, 0.25) is 0 Å². The van der Waals surface area contributed by atoms with Gasteiger partial charge in [-0.1, -0.05) is 39.0 Å². The Labute approximate surface area is 114 Å². The zero-order valence-corrected chi connectivity index (χ0v) is 12.6. The lowest BCUT2D eigenvalue weighted by Crippen LogP contribution is -2.18. The Bertz CT molecular complexity index is 507. The van der Waals surface area contributed by atoms with Gasteiger partial charge in [0.15, 0.2) is 0 Å². The predicted molar refractivity (Wildman–Crippen MR) is 82.3 cm³/mol. The normalized spacial score (nSPS) is 14.0. The third kappa shape index (κ3) is 3.12. The van der Waals surface area contributed by atoms with E-state index in [1.54, 1.807) is 0 Å². The van der Waals surface area contributed by atoms with Gasteiger partial charge in [-0.15, -0.1) is 11.3 Å². The summed E-state index contributed by atoms with van der Waals surface area (Å²) in [5.74, 6) is 0. The molecule has 0 bridgehead atoms. The van der Waals surface area contributed by atoms with Gasteiger partial charge in [-0.05, 0) is 47.7 Å². The van der Waals surface area contributed by atoms with Gasteiger partial charge < -0.3 is 5.32 Å². The minimum Gasteiger partial charge on any atom is -0.313 e. The fraction of sp³-hybridized carbons (Fsp3) is 0.500. The molecule has 1 heterocycles. The average molecular weight is 261 g/mol. The molecule has 1 atom stereocenters. The van der Waals surface area contributed by atoms with Crippen LogP contribution in [0.3, 0.4) is 0 Å². The first-order chi connectivity index (χ1) is 8.51. The molecule has 18 heavy (non-hydrogen) atoms. The van der Waals surface area contributed by atoms with E-state index in [2.05, 4.69) is 62.8 Å². The molecule has 2 aromatic rings. The van der Waals surface area contributed by atoms with Crippen LogP contribution in [0.4, 0.5) is 0 Å². The molecular weight excluding hydrogens is 238 g/mol. The summed E-state index contributed by atoms with van der Waals surface area (Å²) in [5.41, 5.74) is 1.86. The van der Waals surface area contributed by atoms with Crippen molar-refractivity contribution in [1.29, 1.82) is 0 Å². The Morgan fingerprint density at radius 2 is 1.94 bits per heavy atom. The molecule has 0 saturated heterocycles. The summed E-state index contributed by atoms with van der Waals surface area (Å²) in [7, 11) is 2.07. The fourth-order valence-corrected chi connectivity index (χ4v) is 3.32. The van der Waals surface area contributed by atoms with Crippen molar-refractivity contribution in [1.82, 2.24) is 5.32 Å². The van der Waals surface area contributed by atoms with E-state index in [1.165, 1.54) is 28.5 Å². The smallest absolute Gasteiger partial charge is 0.0346 e. The summed E-state index contributed by atoms with van der Waals surface area (Å²) in [4.78, 5) is 0. The van der Waals surface area contributed by atoms with Crippen molar-refractivity contribution < 1.29 is 0 Å². The van der Waals surface area contributed by atoms with Gasteiger partial charge in [-0.25, -0.2) is 0 Å². The van der Waals surface area contributed by atoms with E-state index in [1.807, 2.05) is 11.3 Å². The number of hydrogen-bond donors (Lipinski definition) is 1. The van der Waals surface area contributed by atoms with Crippen LogP contribution in [0, 0.1) is 5.41 Å². The topological polar surface area (TPSA) is 12.0 Å². The van der Waals surface area contributed by atoms with Crippen molar-refractivity contribution in [3.8, 4) is 0 Å².